The Hall–Kier alpha value is -1.37. The van der Waals surface area contributed by atoms with Gasteiger partial charge in [-0.25, -0.2) is 0 Å². The summed E-state index contributed by atoms with van der Waals surface area (Å²) in [6, 6.07) is 0. The van der Waals surface area contributed by atoms with Crippen molar-refractivity contribution in [3.8, 4) is 0 Å². The maximum absolute atomic E-state index is 12.2. The van der Waals surface area contributed by atoms with E-state index in [4.69, 9.17) is 9.57 Å². The first-order chi connectivity index (χ1) is 9.86. The fourth-order valence-corrected chi connectivity index (χ4v) is 2.80. The van der Waals surface area contributed by atoms with Gasteiger partial charge in [0, 0.05) is 0 Å². The van der Waals surface area contributed by atoms with Gasteiger partial charge in [-0.05, 0) is 19.8 Å². The van der Waals surface area contributed by atoms with E-state index in [-0.39, 0.29) is 17.0 Å². The van der Waals surface area contributed by atoms with Crippen LogP contribution in [-0.4, -0.2) is 46.1 Å². The number of hydrogen-bond acceptors (Lipinski definition) is 5. The summed E-state index contributed by atoms with van der Waals surface area (Å²) in [6.07, 6.45) is 1.64. The molecular formula is C15H23NO5. The number of nitrogens with zero attached hydrogens (tertiary/aromatic N) is 1. The molecule has 3 atom stereocenters. The normalized spacial score (nSPS) is 32.5. The minimum Gasteiger partial charge on any atom is -0.484 e. The van der Waals surface area contributed by atoms with Crippen LogP contribution < -0.4 is 0 Å². The summed E-state index contributed by atoms with van der Waals surface area (Å²) in [5, 5.41) is 21.9. The first kappa shape index (κ1) is 16.0. The third-order valence-corrected chi connectivity index (χ3v) is 4.16. The molecule has 0 radical (unpaired) electrons. The summed E-state index contributed by atoms with van der Waals surface area (Å²) in [4.78, 5) is 17.1. The van der Waals surface area contributed by atoms with Gasteiger partial charge in [0.25, 0.3) is 5.91 Å². The number of carbonyl (C=O) groups is 1. The van der Waals surface area contributed by atoms with E-state index in [2.05, 4.69) is 13.5 Å². The molecule has 2 heterocycles. The van der Waals surface area contributed by atoms with Crippen LogP contribution in [0.25, 0.3) is 0 Å². The van der Waals surface area contributed by atoms with Crippen molar-refractivity contribution in [2.24, 2.45) is 0 Å². The van der Waals surface area contributed by atoms with Crippen LogP contribution in [0.4, 0.5) is 0 Å². The lowest BCUT2D eigenvalue weighted by atomic mass is 9.82. The molecule has 1 amide bonds. The molecule has 0 aromatic heterocycles. The number of rotatable bonds is 5. The predicted molar refractivity (Wildman–Crippen MR) is 75.7 cm³/mol. The molecule has 2 aliphatic heterocycles. The second-order valence-corrected chi connectivity index (χ2v) is 5.70. The standard InChI is InChI=1S/C15H23NO5/c1-5-6-7-8-10-15(3,19)13(17)11-12(21-10)9(2)16(20-4)14(11)18/h10,13,17,19H,2,5-8H2,1,3-4H3/t10-,13-,15+/m0/s1. The summed E-state index contributed by atoms with van der Waals surface area (Å²) >= 11 is 0. The number of hydroxylamine groups is 2. The minimum atomic E-state index is -1.52. The van der Waals surface area contributed by atoms with Crippen molar-refractivity contribution < 1.29 is 24.6 Å². The minimum absolute atomic E-state index is 0.0126. The molecular weight excluding hydrogens is 274 g/mol. The largest absolute Gasteiger partial charge is 0.484 e. The van der Waals surface area contributed by atoms with Gasteiger partial charge in [-0.15, -0.1) is 0 Å². The first-order valence-electron chi connectivity index (χ1n) is 7.25. The van der Waals surface area contributed by atoms with E-state index < -0.39 is 23.7 Å². The molecule has 0 unspecified atom stereocenters. The summed E-state index contributed by atoms with van der Waals surface area (Å²) in [6.45, 7) is 7.34. The highest BCUT2D eigenvalue weighted by Gasteiger charge is 2.54. The maximum atomic E-state index is 12.2. The van der Waals surface area contributed by atoms with Crippen molar-refractivity contribution in [1.82, 2.24) is 5.06 Å². The van der Waals surface area contributed by atoms with Crippen molar-refractivity contribution in [2.45, 2.75) is 57.3 Å². The molecule has 6 nitrogen and oxygen atoms in total. The van der Waals surface area contributed by atoms with E-state index in [0.29, 0.717) is 6.42 Å². The summed E-state index contributed by atoms with van der Waals surface area (Å²) in [5.41, 5.74) is -1.25. The summed E-state index contributed by atoms with van der Waals surface area (Å²) < 4.78 is 5.78. The quantitative estimate of drug-likeness (QED) is 0.747. The van der Waals surface area contributed by atoms with E-state index in [1.54, 1.807) is 0 Å². The number of carbonyl (C=O) groups excluding carboxylic acids is 1. The second-order valence-electron chi connectivity index (χ2n) is 5.70. The van der Waals surface area contributed by atoms with E-state index in [0.717, 1.165) is 24.3 Å². The third kappa shape index (κ3) is 2.47. The van der Waals surface area contributed by atoms with Crippen molar-refractivity contribution in [3.05, 3.63) is 23.6 Å². The van der Waals surface area contributed by atoms with Crippen molar-refractivity contribution >= 4 is 5.91 Å². The van der Waals surface area contributed by atoms with Gasteiger partial charge in [0.15, 0.2) is 5.76 Å². The highest BCUT2D eigenvalue weighted by atomic mass is 16.7. The molecule has 0 spiro atoms. The van der Waals surface area contributed by atoms with Gasteiger partial charge in [-0.3, -0.25) is 9.63 Å². The Morgan fingerprint density at radius 1 is 1.48 bits per heavy atom. The second kappa shape index (κ2) is 5.79. The average molecular weight is 297 g/mol. The number of ether oxygens (including phenoxy) is 1. The van der Waals surface area contributed by atoms with Gasteiger partial charge in [-0.2, -0.15) is 5.06 Å². The highest BCUT2D eigenvalue weighted by molar-refractivity contribution is 6.00. The van der Waals surface area contributed by atoms with Crippen LogP contribution in [0.3, 0.4) is 0 Å². The molecule has 21 heavy (non-hydrogen) atoms. The fourth-order valence-electron chi connectivity index (χ4n) is 2.80. The average Bonchev–Trinajstić information content (AvgIpc) is 2.67. The van der Waals surface area contributed by atoms with E-state index in [1.165, 1.54) is 14.0 Å². The first-order valence-corrected chi connectivity index (χ1v) is 7.25. The summed E-state index contributed by atoms with van der Waals surface area (Å²) in [5.74, 6) is -0.320. The summed E-state index contributed by atoms with van der Waals surface area (Å²) in [7, 11) is 1.34. The zero-order valence-electron chi connectivity index (χ0n) is 12.8. The predicted octanol–water partition coefficient (Wildman–Crippen LogP) is 1.25. The molecule has 2 rings (SSSR count). The van der Waals surface area contributed by atoms with Gasteiger partial charge in [0.05, 0.1) is 12.7 Å². The Kier molecular flexibility index (Phi) is 4.41. The van der Waals surface area contributed by atoms with E-state index in [9.17, 15) is 15.0 Å². The molecule has 118 valence electrons. The number of hydrogen-bond donors (Lipinski definition) is 2. The topological polar surface area (TPSA) is 79.2 Å². The Bertz CT molecular complexity index is 482. The molecule has 0 bridgehead atoms. The zero-order valence-corrected chi connectivity index (χ0v) is 12.8. The van der Waals surface area contributed by atoms with Crippen LogP contribution in [0.15, 0.2) is 23.6 Å². The molecule has 6 heteroatoms. The molecule has 0 aliphatic carbocycles. The Balaban J connectivity index is 2.28. The number of aliphatic hydroxyl groups is 2. The fraction of sp³-hybridized carbons (Fsp3) is 0.667. The Labute approximate surface area is 124 Å². The van der Waals surface area contributed by atoms with Crippen molar-refractivity contribution in [3.63, 3.8) is 0 Å². The third-order valence-electron chi connectivity index (χ3n) is 4.16. The number of aliphatic hydroxyl groups excluding tert-OH is 1. The van der Waals surface area contributed by atoms with Gasteiger partial charge in [-0.1, -0.05) is 26.3 Å². The molecule has 0 aromatic rings. The van der Waals surface area contributed by atoms with E-state index >= 15 is 0 Å². The van der Waals surface area contributed by atoms with Crippen LogP contribution in [0, 0.1) is 0 Å². The molecule has 0 fully saturated rings. The lowest BCUT2D eigenvalue weighted by Crippen LogP contribution is -2.55. The SMILES string of the molecule is C=C1C2=C(C(=O)N1OC)[C@H](O)[C@](C)(O)[C@H](CCCCC)O2. The lowest BCUT2D eigenvalue weighted by molar-refractivity contribution is -0.162. The number of amides is 1. The Morgan fingerprint density at radius 3 is 2.71 bits per heavy atom. The maximum Gasteiger partial charge on any atom is 0.284 e. The monoisotopic (exact) mass is 297 g/mol. The zero-order chi connectivity index (χ0) is 15.8. The lowest BCUT2D eigenvalue weighted by Gasteiger charge is -2.40. The van der Waals surface area contributed by atoms with Crippen LogP contribution in [0.1, 0.15) is 39.5 Å². The smallest absolute Gasteiger partial charge is 0.284 e. The molecule has 0 saturated carbocycles. The molecule has 0 aromatic carbocycles. The van der Waals surface area contributed by atoms with Crippen LogP contribution in [0.2, 0.25) is 0 Å². The Morgan fingerprint density at radius 2 is 2.14 bits per heavy atom. The van der Waals surface area contributed by atoms with Gasteiger partial charge in [0.1, 0.15) is 23.5 Å². The number of unbranched alkanes of at least 4 members (excludes halogenated alkanes) is 2. The molecule has 0 saturated heterocycles. The highest BCUT2D eigenvalue weighted by Crippen LogP contribution is 2.42. The molecule has 2 N–H and O–H groups in total. The van der Waals surface area contributed by atoms with Crippen molar-refractivity contribution in [2.75, 3.05) is 7.11 Å². The van der Waals surface area contributed by atoms with Gasteiger partial charge in [0.2, 0.25) is 0 Å². The molecule has 2 aliphatic rings. The van der Waals surface area contributed by atoms with Gasteiger partial charge >= 0.3 is 0 Å². The van der Waals surface area contributed by atoms with Gasteiger partial charge < -0.3 is 14.9 Å². The van der Waals surface area contributed by atoms with Crippen LogP contribution >= 0.6 is 0 Å². The van der Waals surface area contributed by atoms with Crippen LogP contribution in [-0.2, 0) is 14.4 Å². The van der Waals surface area contributed by atoms with Crippen molar-refractivity contribution in [1.29, 1.82) is 0 Å². The van der Waals surface area contributed by atoms with E-state index in [1.807, 2.05) is 0 Å². The van der Waals surface area contributed by atoms with Crippen LogP contribution in [0.5, 0.6) is 0 Å².